The number of pyridine rings is 1. The number of carbonyl (C=O) groups excluding carboxylic acids is 1. The average Bonchev–Trinajstić information content (AvgIpc) is 3.02. The summed E-state index contributed by atoms with van der Waals surface area (Å²) in [6.07, 6.45) is 8.15. The van der Waals surface area contributed by atoms with E-state index in [0.29, 0.717) is 11.5 Å². The number of nitrogens with zero attached hydrogens (tertiary/aromatic N) is 5. The van der Waals surface area contributed by atoms with E-state index in [-0.39, 0.29) is 5.91 Å². The summed E-state index contributed by atoms with van der Waals surface area (Å²) in [4.78, 5) is 18.5. The van der Waals surface area contributed by atoms with Gasteiger partial charge in [-0.05, 0) is 37.8 Å². The van der Waals surface area contributed by atoms with Crippen LogP contribution >= 0.6 is 0 Å². The molecule has 2 aromatic rings. The van der Waals surface area contributed by atoms with Crippen LogP contribution in [0.1, 0.15) is 35.9 Å². The average molecular weight is 299 g/mol. The molecular weight excluding hydrogens is 278 g/mol. The van der Waals surface area contributed by atoms with Crippen molar-refractivity contribution in [1.29, 1.82) is 0 Å². The van der Waals surface area contributed by atoms with Crippen molar-refractivity contribution in [3.05, 3.63) is 42.2 Å². The molecule has 1 amide bonds. The Balaban J connectivity index is 1.65. The highest BCUT2D eigenvalue weighted by Gasteiger charge is 2.25. The first-order chi connectivity index (χ1) is 10.8. The molecule has 1 unspecified atom stereocenters. The van der Waals surface area contributed by atoms with E-state index < -0.39 is 0 Å². The number of carbonyl (C=O) groups is 1. The van der Waals surface area contributed by atoms with Crippen LogP contribution in [-0.2, 0) is 13.0 Å². The lowest BCUT2D eigenvalue weighted by atomic mass is 9.94. The highest BCUT2D eigenvalue weighted by Crippen LogP contribution is 2.21. The van der Waals surface area contributed by atoms with Gasteiger partial charge >= 0.3 is 0 Å². The van der Waals surface area contributed by atoms with Gasteiger partial charge in [-0.2, -0.15) is 0 Å². The molecule has 0 radical (unpaired) electrons. The van der Waals surface area contributed by atoms with Crippen LogP contribution in [0.2, 0.25) is 0 Å². The Labute approximate surface area is 130 Å². The fraction of sp³-hybridized carbons (Fsp3) is 0.500. The molecule has 0 spiro atoms. The predicted octanol–water partition coefficient (Wildman–Crippen LogP) is 1.79. The smallest absolute Gasteiger partial charge is 0.255 e. The highest BCUT2D eigenvalue weighted by molar-refractivity contribution is 5.93. The van der Waals surface area contributed by atoms with Gasteiger partial charge in [-0.15, -0.1) is 10.2 Å². The minimum absolute atomic E-state index is 0.0785. The van der Waals surface area contributed by atoms with E-state index in [4.69, 9.17) is 0 Å². The van der Waals surface area contributed by atoms with Crippen LogP contribution < -0.4 is 0 Å². The summed E-state index contributed by atoms with van der Waals surface area (Å²) in [6.45, 7) is 4.58. The van der Waals surface area contributed by atoms with Crippen molar-refractivity contribution in [3.63, 3.8) is 0 Å². The highest BCUT2D eigenvalue weighted by atomic mass is 16.2. The maximum Gasteiger partial charge on any atom is 0.255 e. The summed E-state index contributed by atoms with van der Waals surface area (Å²) in [5.41, 5.74) is 0.667. The van der Waals surface area contributed by atoms with Crippen molar-refractivity contribution < 1.29 is 4.79 Å². The second kappa shape index (κ2) is 6.68. The van der Waals surface area contributed by atoms with E-state index in [1.807, 2.05) is 11.0 Å². The lowest BCUT2D eigenvalue weighted by Crippen LogP contribution is -2.40. The number of piperidine rings is 1. The van der Waals surface area contributed by atoms with E-state index in [9.17, 15) is 4.79 Å². The van der Waals surface area contributed by atoms with E-state index in [0.717, 1.165) is 44.7 Å². The summed E-state index contributed by atoms with van der Waals surface area (Å²) in [7, 11) is 0. The number of amides is 1. The number of rotatable bonds is 4. The van der Waals surface area contributed by atoms with Gasteiger partial charge in [0.25, 0.3) is 5.91 Å². The van der Waals surface area contributed by atoms with Crippen molar-refractivity contribution >= 4 is 5.91 Å². The topological polar surface area (TPSA) is 63.9 Å². The Hall–Kier alpha value is -2.24. The molecule has 1 atom stereocenters. The zero-order chi connectivity index (χ0) is 15.4. The summed E-state index contributed by atoms with van der Waals surface area (Å²) in [6, 6.07) is 3.63. The maximum atomic E-state index is 12.5. The molecule has 6 heteroatoms. The van der Waals surface area contributed by atoms with Crippen molar-refractivity contribution in [2.75, 3.05) is 13.1 Å². The van der Waals surface area contributed by atoms with Gasteiger partial charge in [0, 0.05) is 38.4 Å². The molecular formula is C16H21N5O. The normalized spacial score (nSPS) is 18.4. The third kappa shape index (κ3) is 3.16. The Kier molecular flexibility index (Phi) is 4.46. The van der Waals surface area contributed by atoms with Crippen LogP contribution in [0.4, 0.5) is 0 Å². The maximum absolute atomic E-state index is 12.5. The molecule has 0 aliphatic carbocycles. The first-order valence-electron chi connectivity index (χ1n) is 7.84. The summed E-state index contributed by atoms with van der Waals surface area (Å²) in [5.74, 6) is 1.54. The first kappa shape index (κ1) is 14.7. The lowest BCUT2D eigenvalue weighted by molar-refractivity contribution is 0.0671. The molecule has 1 aliphatic heterocycles. The van der Waals surface area contributed by atoms with Crippen molar-refractivity contribution in [3.8, 4) is 0 Å². The largest absolute Gasteiger partial charge is 0.338 e. The van der Waals surface area contributed by atoms with Gasteiger partial charge in [0.05, 0.1) is 5.56 Å². The molecule has 116 valence electrons. The van der Waals surface area contributed by atoms with E-state index in [1.165, 1.54) is 0 Å². The molecule has 3 heterocycles. The van der Waals surface area contributed by atoms with Crippen molar-refractivity contribution in [2.45, 2.75) is 32.7 Å². The molecule has 0 N–H and O–H groups in total. The van der Waals surface area contributed by atoms with Crippen molar-refractivity contribution in [2.24, 2.45) is 5.92 Å². The molecule has 2 aromatic heterocycles. The van der Waals surface area contributed by atoms with Crippen LogP contribution in [0.5, 0.6) is 0 Å². The fourth-order valence-corrected chi connectivity index (χ4v) is 3.05. The monoisotopic (exact) mass is 299 g/mol. The molecule has 6 nitrogen and oxygen atoms in total. The first-order valence-corrected chi connectivity index (χ1v) is 7.84. The van der Waals surface area contributed by atoms with Crippen molar-refractivity contribution in [1.82, 2.24) is 24.6 Å². The van der Waals surface area contributed by atoms with Gasteiger partial charge < -0.3 is 9.47 Å². The molecule has 3 rings (SSSR count). The van der Waals surface area contributed by atoms with Gasteiger partial charge in [0.15, 0.2) is 0 Å². The minimum Gasteiger partial charge on any atom is -0.338 e. The summed E-state index contributed by atoms with van der Waals surface area (Å²) >= 11 is 0. The van der Waals surface area contributed by atoms with Crippen LogP contribution in [0.15, 0.2) is 30.9 Å². The Morgan fingerprint density at radius 3 is 3.14 bits per heavy atom. The van der Waals surface area contributed by atoms with Crippen LogP contribution in [0.3, 0.4) is 0 Å². The molecule has 1 aliphatic rings. The molecule has 1 fully saturated rings. The fourth-order valence-electron chi connectivity index (χ4n) is 3.05. The van der Waals surface area contributed by atoms with Gasteiger partial charge in [0.2, 0.25) is 0 Å². The Morgan fingerprint density at radius 1 is 1.45 bits per heavy atom. The Morgan fingerprint density at radius 2 is 2.36 bits per heavy atom. The van der Waals surface area contributed by atoms with E-state index >= 15 is 0 Å². The zero-order valence-corrected chi connectivity index (χ0v) is 12.9. The van der Waals surface area contributed by atoms with Gasteiger partial charge in [-0.25, -0.2) is 0 Å². The molecule has 0 saturated carbocycles. The van der Waals surface area contributed by atoms with Crippen LogP contribution in [0, 0.1) is 5.92 Å². The molecule has 22 heavy (non-hydrogen) atoms. The molecule has 1 saturated heterocycles. The summed E-state index contributed by atoms with van der Waals surface area (Å²) in [5, 5.41) is 8.19. The minimum atomic E-state index is 0.0785. The van der Waals surface area contributed by atoms with Gasteiger partial charge in [-0.1, -0.05) is 0 Å². The molecule has 0 aromatic carbocycles. The number of aromatic nitrogens is 4. The van der Waals surface area contributed by atoms with E-state index in [2.05, 4.69) is 26.7 Å². The lowest BCUT2D eigenvalue weighted by Gasteiger charge is -2.32. The standard InChI is InChI=1S/C16H21N5O/c1-2-20-12-18-19-15(20)9-13-5-4-8-21(11-13)16(22)14-6-3-7-17-10-14/h3,6-7,10,12-13H,2,4-5,8-9,11H2,1H3. The van der Waals surface area contributed by atoms with Gasteiger partial charge in [0.1, 0.15) is 12.2 Å². The SMILES string of the molecule is CCn1cnnc1CC1CCCN(C(=O)c2cccnc2)C1. The number of aryl methyl sites for hydroxylation is 1. The third-order valence-electron chi connectivity index (χ3n) is 4.22. The number of hydrogen-bond acceptors (Lipinski definition) is 4. The quantitative estimate of drug-likeness (QED) is 0.863. The van der Waals surface area contributed by atoms with Crippen LogP contribution in [-0.4, -0.2) is 43.6 Å². The zero-order valence-electron chi connectivity index (χ0n) is 12.9. The second-order valence-electron chi connectivity index (χ2n) is 5.74. The number of likely N-dealkylation sites (tertiary alicyclic amines) is 1. The van der Waals surface area contributed by atoms with Crippen LogP contribution in [0.25, 0.3) is 0 Å². The molecule has 0 bridgehead atoms. The van der Waals surface area contributed by atoms with E-state index in [1.54, 1.807) is 24.8 Å². The Bertz CT molecular complexity index is 624. The number of hydrogen-bond donors (Lipinski definition) is 0. The van der Waals surface area contributed by atoms with Gasteiger partial charge in [-0.3, -0.25) is 9.78 Å². The predicted molar refractivity (Wildman–Crippen MR) is 82.3 cm³/mol. The third-order valence-corrected chi connectivity index (χ3v) is 4.22. The summed E-state index contributed by atoms with van der Waals surface area (Å²) < 4.78 is 2.07. The second-order valence-corrected chi connectivity index (χ2v) is 5.74.